The van der Waals surface area contributed by atoms with E-state index in [-0.39, 0.29) is 43.1 Å². The van der Waals surface area contributed by atoms with E-state index in [2.05, 4.69) is 34.1 Å². The number of halogens is 3. The van der Waals surface area contributed by atoms with Gasteiger partial charge in [0.05, 0.1) is 12.1 Å². The van der Waals surface area contributed by atoms with E-state index >= 15 is 0 Å². The summed E-state index contributed by atoms with van der Waals surface area (Å²) in [6.45, 7) is 5.95. The Labute approximate surface area is 185 Å². The van der Waals surface area contributed by atoms with E-state index in [0.29, 0.717) is 24.4 Å². The van der Waals surface area contributed by atoms with Gasteiger partial charge in [-0.25, -0.2) is 0 Å². The van der Waals surface area contributed by atoms with Gasteiger partial charge in [0, 0.05) is 52.0 Å². The predicted octanol–water partition coefficient (Wildman–Crippen LogP) is 2.90. The molecule has 2 aromatic rings. The molecule has 1 aliphatic rings. The molecule has 0 spiro atoms. The summed E-state index contributed by atoms with van der Waals surface area (Å²) in [5, 5.41) is 0. The molecule has 158 valence electrons. The summed E-state index contributed by atoms with van der Waals surface area (Å²) in [5.41, 5.74) is 7.37. The number of likely N-dealkylation sites (N-methyl/N-ethyl adjacent to an activating group) is 1. The minimum absolute atomic E-state index is 0. The maximum atomic E-state index is 12.4. The van der Waals surface area contributed by atoms with Gasteiger partial charge in [0.1, 0.15) is 12.0 Å². The molecule has 1 amide bonds. The van der Waals surface area contributed by atoms with Crippen molar-refractivity contribution < 1.29 is 9.21 Å². The number of benzene rings is 1. The topological polar surface area (TPSA) is 66.0 Å². The molecule has 2 heterocycles. The highest BCUT2D eigenvalue weighted by molar-refractivity contribution is 5.93. The SMILES string of the molecule is CN(CCN1CCN(c2ccccc2)CC1)C(=O)c1coc(CN)c1.Cl.Cl.Cl. The van der Waals surface area contributed by atoms with Crippen molar-refractivity contribution >= 4 is 48.8 Å². The lowest BCUT2D eigenvalue weighted by molar-refractivity contribution is 0.0775. The fraction of sp³-hybridized carbons (Fsp3) is 0.421. The van der Waals surface area contributed by atoms with Crippen LogP contribution in [0.2, 0.25) is 0 Å². The van der Waals surface area contributed by atoms with Crippen LogP contribution in [0.15, 0.2) is 47.1 Å². The third-order valence-corrected chi connectivity index (χ3v) is 4.69. The van der Waals surface area contributed by atoms with Crippen molar-refractivity contribution in [2.45, 2.75) is 6.54 Å². The molecular weight excluding hydrogens is 423 g/mol. The number of amides is 1. The molecule has 1 aromatic carbocycles. The number of hydrogen-bond donors (Lipinski definition) is 1. The summed E-state index contributed by atoms with van der Waals surface area (Å²) in [6, 6.07) is 12.2. The Bertz CT molecular complexity index is 691. The Morgan fingerprint density at radius 3 is 2.32 bits per heavy atom. The van der Waals surface area contributed by atoms with Crippen molar-refractivity contribution in [2.24, 2.45) is 5.73 Å². The largest absolute Gasteiger partial charge is 0.467 e. The number of anilines is 1. The highest BCUT2D eigenvalue weighted by Crippen LogP contribution is 2.15. The normalized spacial score (nSPS) is 13.7. The lowest BCUT2D eigenvalue weighted by Crippen LogP contribution is -2.48. The number of furan rings is 1. The molecule has 0 aliphatic carbocycles. The van der Waals surface area contributed by atoms with Crippen LogP contribution in [-0.2, 0) is 6.54 Å². The van der Waals surface area contributed by atoms with Crippen LogP contribution in [-0.4, -0.2) is 62.0 Å². The van der Waals surface area contributed by atoms with E-state index in [1.807, 2.05) is 13.1 Å². The molecule has 0 radical (unpaired) electrons. The first kappa shape index (κ1) is 26.6. The van der Waals surface area contributed by atoms with E-state index in [1.54, 1.807) is 11.0 Å². The molecule has 0 bridgehead atoms. The number of rotatable bonds is 6. The number of piperazine rings is 1. The first-order valence-corrected chi connectivity index (χ1v) is 8.72. The molecule has 9 heteroatoms. The third kappa shape index (κ3) is 6.87. The van der Waals surface area contributed by atoms with Crippen molar-refractivity contribution in [3.05, 3.63) is 54.0 Å². The maximum absolute atomic E-state index is 12.4. The molecule has 0 unspecified atom stereocenters. The maximum Gasteiger partial charge on any atom is 0.256 e. The van der Waals surface area contributed by atoms with Crippen LogP contribution in [0, 0.1) is 0 Å². The first-order valence-electron chi connectivity index (χ1n) is 8.72. The zero-order valence-corrected chi connectivity index (χ0v) is 18.4. The second-order valence-electron chi connectivity index (χ2n) is 6.40. The monoisotopic (exact) mass is 450 g/mol. The van der Waals surface area contributed by atoms with Crippen LogP contribution < -0.4 is 10.6 Å². The Morgan fingerprint density at radius 1 is 1.11 bits per heavy atom. The molecular formula is C19H29Cl3N4O2. The van der Waals surface area contributed by atoms with Gasteiger partial charge in [0.15, 0.2) is 0 Å². The first-order chi connectivity index (χ1) is 12.2. The van der Waals surface area contributed by atoms with E-state index in [1.165, 1.54) is 12.0 Å². The van der Waals surface area contributed by atoms with Crippen LogP contribution in [0.3, 0.4) is 0 Å². The summed E-state index contributed by atoms with van der Waals surface area (Å²) in [6.07, 6.45) is 1.49. The van der Waals surface area contributed by atoms with Crippen LogP contribution in [0.1, 0.15) is 16.1 Å². The zero-order valence-electron chi connectivity index (χ0n) is 16.0. The lowest BCUT2D eigenvalue weighted by Gasteiger charge is -2.36. The molecule has 0 atom stereocenters. The summed E-state index contributed by atoms with van der Waals surface area (Å²) in [7, 11) is 1.83. The van der Waals surface area contributed by atoms with Crippen molar-refractivity contribution in [3.8, 4) is 0 Å². The van der Waals surface area contributed by atoms with Crippen LogP contribution in [0.4, 0.5) is 5.69 Å². The molecule has 6 nitrogen and oxygen atoms in total. The number of nitrogens with zero attached hydrogens (tertiary/aromatic N) is 3. The second-order valence-corrected chi connectivity index (χ2v) is 6.40. The Balaban J connectivity index is 0.00000243. The molecule has 28 heavy (non-hydrogen) atoms. The lowest BCUT2D eigenvalue weighted by atomic mass is 10.2. The quantitative estimate of drug-likeness (QED) is 0.731. The minimum Gasteiger partial charge on any atom is -0.467 e. The van der Waals surface area contributed by atoms with E-state index in [9.17, 15) is 4.79 Å². The summed E-state index contributed by atoms with van der Waals surface area (Å²) in [4.78, 5) is 18.9. The van der Waals surface area contributed by atoms with Gasteiger partial charge in [-0.1, -0.05) is 18.2 Å². The smallest absolute Gasteiger partial charge is 0.256 e. The van der Waals surface area contributed by atoms with E-state index < -0.39 is 0 Å². The average Bonchev–Trinajstić information content (AvgIpc) is 3.16. The van der Waals surface area contributed by atoms with Crippen molar-refractivity contribution in [2.75, 3.05) is 51.2 Å². The Hall–Kier alpha value is -1.44. The molecule has 0 saturated carbocycles. The molecule has 1 aromatic heterocycles. The highest BCUT2D eigenvalue weighted by atomic mass is 35.5. The third-order valence-electron chi connectivity index (χ3n) is 4.69. The van der Waals surface area contributed by atoms with Gasteiger partial charge >= 0.3 is 0 Å². The predicted molar refractivity (Wildman–Crippen MR) is 120 cm³/mol. The second kappa shape index (κ2) is 12.9. The summed E-state index contributed by atoms with van der Waals surface area (Å²) >= 11 is 0. The van der Waals surface area contributed by atoms with Gasteiger partial charge in [-0.15, -0.1) is 37.2 Å². The number of hydrogen-bond acceptors (Lipinski definition) is 5. The van der Waals surface area contributed by atoms with Crippen LogP contribution in [0.5, 0.6) is 0 Å². The van der Waals surface area contributed by atoms with Gasteiger partial charge < -0.3 is 20.0 Å². The number of nitrogens with two attached hydrogens (primary N) is 1. The van der Waals surface area contributed by atoms with Crippen LogP contribution in [0.25, 0.3) is 0 Å². The highest BCUT2D eigenvalue weighted by Gasteiger charge is 2.19. The van der Waals surface area contributed by atoms with E-state index in [0.717, 1.165) is 32.7 Å². The van der Waals surface area contributed by atoms with Gasteiger partial charge in [0.2, 0.25) is 0 Å². The van der Waals surface area contributed by atoms with Gasteiger partial charge in [-0.05, 0) is 18.2 Å². The molecule has 3 rings (SSSR count). The number of carbonyl (C=O) groups is 1. The van der Waals surface area contributed by atoms with Crippen molar-refractivity contribution in [1.82, 2.24) is 9.80 Å². The molecule has 1 saturated heterocycles. The summed E-state index contributed by atoms with van der Waals surface area (Å²) < 4.78 is 5.24. The Kier molecular flexibility index (Phi) is 12.2. The minimum atomic E-state index is -0.0219. The molecule has 1 fully saturated rings. The number of para-hydroxylation sites is 1. The van der Waals surface area contributed by atoms with E-state index in [4.69, 9.17) is 10.2 Å². The van der Waals surface area contributed by atoms with Crippen molar-refractivity contribution in [1.29, 1.82) is 0 Å². The van der Waals surface area contributed by atoms with Crippen LogP contribution >= 0.6 is 37.2 Å². The van der Waals surface area contributed by atoms with Gasteiger partial charge in [-0.3, -0.25) is 9.69 Å². The fourth-order valence-electron chi connectivity index (χ4n) is 3.08. The summed E-state index contributed by atoms with van der Waals surface area (Å²) in [5.74, 6) is 0.611. The standard InChI is InChI=1S/C19H26N4O2.3ClH/c1-21(19(24)16-13-18(14-20)25-15-16)7-8-22-9-11-23(12-10-22)17-5-3-2-4-6-17;;;/h2-6,13,15H,7-12,14,20H2,1H3;3*1H. The average molecular weight is 452 g/mol. The van der Waals surface area contributed by atoms with Gasteiger partial charge in [-0.2, -0.15) is 0 Å². The van der Waals surface area contributed by atoms with Gasteiger partial charge in [0.25, 0.3) is 5.91 Å². The molecule has 2 N–H and O–H groups in total. The molecule has 1 aliphatic heterocycles. The number of carbonyl (C=O) groups excluding carboxylic acids is 1. The fourth-order valence-corrected chi connectivity index (χ4v) is 3.08. The van der Waals surface area contributed by atoms with Crippen molar-refractivity contribution in [3.63, 3.8) is 0 Å². The Morgan fingerprint density at radius 2 is 1.75 bits per heavy atom. The zero-order chi connectivity index (χ0) is 17.6.